The van der Waals surface area contributed by atoms with Gasteiger partial charge in [-0.1, -0.05) is 11.6 Å². The number of hydrogen-bond donors (Lipinski definition) is 2. The Morgan fingerprint density at radius 3 is 2.88 bits per heavy atom. The predicted octanol–water partition coefficient (Wildman–Crippen LogP) is 4.35. The Morgan fingerprint density at radius 2 is 2.24 bits per heavy atom. The Morgan fingerprint density at radius 1 is 1.41 bits per heavy atom. The standard InChI is InChI=1S/C9H6ClF2N3S2/c10-5-3-8(6(11)4-7(5)14-12)17-15-9-13-1-2-16-9/h1-4,14H,(H,13,15). The Kier molecular flexibility index (Phi) is 4.03. The smallest absolute Gasteiger partial charge is 0.192 e. The summed E-state index contributed by atoms with van der Waals surface area (Å²) in [6, 6.07) is 2.33. The summed E-state index contributed by atoms with van der Waals surface area (Å²) in [5.41, 5.74) is 1.23. The van der Waals surface area contributed by atoms with Gasteiger partial charge in [-0.3, -0.25) is 0 Å². The van der Waals surface area contributed by atoms with E-state index in [1.165, 1.54) is 22.9 Å². The molecule has 0 saturated heterocycles. The monoisotopic (exact) mass is 293 g/mol. The summed E-state index contributed by atoms with van der Waals surface area (Å²) in [5, 5.41) is 2.55. The van der Waals surface area contributed by atoms with E-state index in [0.29, 0.717) is 5.13 Å². The lowest BCUT2D eigenvalue weighted by atomic mass is 10.3. The van der Waals surface area contributed by atoms with Crippen LogP contribution in [0, 0.1) is 5.82 Å². The summed E-state index contributed by atoms with van der Waals surface area (Å²) in [7, 11) is 0. The molecule has 0 aliphatic carbocycles. The van der Waals surface area contributed by atoms with E-state index in [1.54, 1.807) is 11.6 Å². The zero-order valence-electron chi connectivity index (χ0n) is 8.21. The number of benzene rings is 1. The number of anilines is 2. The van der Waals surface area contributed by atoms with E-state index in [4.69, 9.17) is 11.6 Å². The molecule has 3 nitrogen and oxygen atoms in total. The molecule has 2 aromatic rings. The minimum absolute atomic E-state index is 0.0947. The van der Waals surface area contributed by atoms with Gasteiger partial charge >= 0.3 is 0 Å². The summed E-state index contributed by atoms with van der Waals surface area (Å²) in [6.07, 6.45) is 1.63. The van der Waals surface area contributed by atoms with Gasteiger partial charge in [-0.05, 0) is 18.0 Å². The Labute approximate surface area is 109 Å². The Hall–Kier alpha value is -1.05. The third kappa shape index (κ3) is 2.99. The average molecular weight is 294 g/mol. The van der Waals surface area contributed by atoms with Crippen LogP contribution in [0.4, 0.5) is 19.7 Å². The van der Waals surface area contributed by atoms with Gasteiger partial charge in [0.1, 0.15) is 5.82 Å². The lowest BCUT2D eigenvalue weighted by molar-refractivity contribution is 0.591. The molecule has 0 spiro atoms. The maximum atomic E-state index is 13.5. The fourth-order valence-electron chi connectivity index (χ4n) is 1.05. The summed E-state index contributed by atoms with van der Waals surface area (Å²) < 4.78 is 28.5. The largest absolute Gasteiger partial charge is 0.301 e. The van der Waals surface area contributed by atoms with Crippen LogP contribution in [0.2, 0.25) is 5.02 Å². The van der Waals surface area contributed by atoms with Crippen molar-refractivity contribution in [3.05, 3.63) is 34.5 Å². The molecule has 0 amide bonds. The molecule has 1 aromatic carbocycles. The minimum Gasteiger partial charge on any atom is -0.301 e. The molecule has 17 heavy (non-hydrogen) atoms. The molecular formula is C9H6ClF2N3S2. The molecule has 0 aliphatic heterocycles. The van der Waals surface area contributed by atoms with Crippen LogP contribution in [0.25, 0.3) is 0 Å². The van der Waals surface area contributed by atoms with E-state index >= 15 is 0 Å². The zero-order chi connectivity index (χ0) is 12.3. The number of nitrogens with zero attached hydrogens (tertiary/aromatic N) is 1. The molecule has 90 valence electrons. The van der Waals surface area contributed by atoms with Crippen molar-refractivity contribution in [2.75, 3.05) is 10.3 Å². The second kappa shape index (κ2) is 5.52. The first-order valence-corrected chi connectivity index (χ1v) is 6.46. The second-order valence-electron chi connectivity index (χ2n) is 2.90. The zero-order valence-corrected chi connectivity index (χ0v) is 10.6. The van der Waals surface area contributed by atoms with Crippen LogP contribution < -0.4 is 10.3 Å². The van der Waals surface area contributed by atoms with Crippen LogP contribution in [0.15, 0.2) is 28.6 Å². The van der Waals surface area contributed by atoms with E-state index < -0.39 is 5.82 Å². The fourth-order valence-corrected chi connectivity index (χ4v) is 2.59. The molecular weight excluding hydrogens is 288 g/mol. The number of aromatic nitrogens is 1. The van der Waals surface area contributed by atoms with Crippen molar-refractivity contribution in [3.8, 4) is 0 Å². The predicted molar refractivity (Wildman–Crippen MR) is 67.7 cm³/mol. The van der Waals surface area contributed by atoms with E-state index in [-0.39, 0.29) is 15.6 Å². The normalized spacial score (nSPS) is 10.3. The van der Waals surface area contributed by atoms with Crippen LogP contribution in [-0.2, 0) is 0 Å². The van der Waals surface area contributed by atoms with E-state index in [9.17, 15) is 8.87 Å². The van der Waals surface area contributed by atoms with Gasteiger partial charge in [0.2, 0.25) is 0 Å². The average Bonchev–Trinajstić information content (AvgIpc) is 2.82. The van der Waals surface area contributed by atoms with Crippen LogP contribution in [-0.4, -0.2) is 4.98 Å². The van der Waals surface area contributed by atoms with Gasteiger partial charge in [-0.2, -0.15) is 0 Å². The van der Waals surface area contributed by atoms with Crippen LogP contribution in [0.3, 0.4) is 0 Å². The minimum atomic E-state index is -0.566. The number of halogens is 3. The van der Waals surface area contributed by atoms with Gasteiger partial charge in [-0.15, -0.1) is 15.8 Å². The molecule has 8 heteroatoms. The number of hydrogen-bond acceptors (Lipinski definition) is 5. The van der Waals surface area contributed by atoms with Crippen LogP contribution in [0.5, 0.6) is 0 Å². The summed E-state index contributed by atoms with van der Waals surface area (Å²) >= 11 is 8.15. The highest BCUT2D eigenvalue weighted by Gasteiger charge is 2.09. The lowest BCUT2D eigenvalue weighted by Gasteiger charge is -2.06. The molecule has 0 fully saturated rings. The van der Waals surface area contributed by atoms with Crippen LogP contribution in [0.1, 0.15) is 0 Å². The molecule has 1 aromatic heterocycles. The van der Waals surface area contributed by atoms with Crippen molar-refractivity contribution in [2.24, 2.45) is 0 Å². The highest BCUT2D eigenvalue weighted by atomic mass is 35.5. The van der Waals surface area contributed by atoms with Gasteiger partial charge in [0.25, 0.3) is 0 Å². The van der Waals surface area contributed by atoms with E-state index in [2.05, 4.69) is 9.71 Å². The molecule has 2 N–H and O–H groups in total. The first-order valence-electron chi connectivity index (χ1n) is 4.38. The molecule has 0 saturated carbocycles. The van der Waals surface area contributed by atoms with Crippen molar-refractivity contribution in [2.45, 2.75) is 4.90 Å². The van der Waals surface area contributed by atoms with Crippen molar-refractivity contribution in [1.82, 2.24) is 4.98 Å². The molecule has 0 bridgehead atoms. The summed E-state index contributed by atoms with van der Waals surface area (Å²) in [6.45, 7) is 0. The quantitative estimate of drug-likeness (QED) is 0.649. The number of rotatable bonds is 4. The molecule has 1 heterocycles. The van der Waals surface area contributed by atoms with Crippen molar-refractivity contribution in [1.29, 1.82) is 0 Å². The molecule has 0 unspecified atom stereocenters. The number of thiazole rings is 1. The fraction of sp³-hybridized carbons (Fsp3) is 0. The Balaban J connectivity index is 2.13. The van der Waals surface area contributed by atoms with Gasteiger partial charge in [-0.25, -0.2) is 14.9 Å². The topological polar surface area (TPSA) is 37.0 Å². The maximum Gasteiger partial charge on any atom is 0.192 e. The van der Waals surface area contributed by atoms with Gasteiger partial charge in [0, 0.05) is 17.6 Å². The molecule has 0 atom stereocenters. The SMILES string of the molecule is FNc1cc(F)c(SNc2nccs2)cc1Cl. The Bertz CT molecular complexity index is 507. The van der Waals surface area contributed by atoms with E-state index in [0.717, 1.165) is 18.0 Å². The van der Waals surface area contributed by atoms with Gasteiger partial charge in [0.15, 0.2) is 5.13 Å². The van der Waals surface area contributed by atoms with Gasteiger partial charge < -0.3 is 4.72 Å². The lowest BCUT2D eigenvalue weighted by Crippen LogP contribution is -1.91. The second-order valence-corrected chi connectivity index (χ2v) is 5.05. The summed E-state index contributed by atoms with van der Waals surface area (Å²) in [4.78, 5) is 4.24. The van der Waals surface area contributed by atoms with Crippen LogP contribution >= 0.6 is 34.9 Å². The first-order chi connectivity index (χ1) is 8.20. The summed E-state index contributed by atoms with van der Waals surface area (Å²) in [5.74, 6) is -0.566. The third-order valence-electron chi connectivity index (χ3n) is 1.80. The first kappa shape index (κ1) is 12.4. The number of nitrogens with one attached hydrogen (secondary N) is 2. The highest BCUT2D eigenvalue weighted by Crippen LogP contribution is 2.32. The van der Waals surface area contributed by atoms with Crippen molar-refractivity contribution < 1.29 is 8.87 Å². The molecule has 0 aliphatic rings. The maximum absolute atomic E-state index is 13.5. The highest BCUT2D eigenvalue weighted by molar-refractivity contribution is 8.00. The van der Waals surface area contributed by atoms with E-state index in [1.807, 2.05) is 0 Å². The van der Waals surface area contributed by atoms with Crippen molar-refractivity contribution >= 4 is 45.7 Å². The van der Waals surface area contributed by atoms with Crippen molar-refractivity contribution in [3.63, 3.8) is 0 Å². The molecule has 2 rings (SSSR count). The molecule has 0 radical (unpaired) electrons. The van der Waals surface area contributed by atoms with Gasteiger partial charge in [0.05, 0.1) is 15.6 Å². The third-order valence-corrected chi connectivity index (χ3v) is 3.76.